The summed E-state index contributed by atoms with van der Waals surface area (Å²) >= 11 is 0. The van der Waals surface area contributed by atoms with Gasteiger partial charge in [-0.15, -0.1) is 10.2 Å². The fourth-order valence-electron chi connectivity index (χ4n) is 2.91. The van der Waals surface area contributed by atoms with E-state index in [9.17, 15) is 31.1 Å². The highest BCUT2D eigenvalue weighted by Gasteiger charge is 2.39. The summed E-state index contributed by atoms with van der Waals surface area (Å²) in [6.45, 7) is 1.24. The number of halogens is 6. The van der Waals surface area contributed by atoms with Gasteiger partial charge in [0.2, 0.25) is 11.7 Å². The SMILES string of the molecule is CC(=CC(=O)N1CCn2c(nnc2C(F)(F)F)C1)Cc1cc(F)c(F)cc1F. The van der Waals surface area contributed by atoms with Crippen LogP contribution < -0.4 is 0 Å². The van der Waals surface area contributed by atoms with Gasteiger partial charge in [-0.1, -0.05) is 5.57 Å². The van der Waals surface area contributed by atoms with Crippen LogP contribution in [0.2, 0.25) is 0 Å². The molecule has 0 N–H and O–H groups in total. The number of hydrogen-bond acceptors (Lipinski definition) is 3. The maximum absolute atomic E-state index is 13.7. The average Bonchev–Trinajstić information content (AvgIpc) is 3.03. The monoisotopic (exact) mass is 404 g/mol. The fourth-order valence-corrected chi connectivity index (χ4v) is 2.91. The highest BCUT2D eigenvalue weighted by Crippen LogP contribution is 2.29. The van der Waals surface area contributed by atoms with Crippen molar-refractivity contribution in [3.8, 4) is 0 Å². The highest BCUT2D eigenvalue weighted by molar-refractivity contribution is 5.88. The zero-order chi connectivity index (χ0) is 20.6. The van der Waals surface area contributed by atoms with E-state index in [2.05, 4.69) is 10.2 Å². The molecule has 2 heterocycles. The number of benzene rings is 1. The molecule has 0 saturated carbocycles. The predicted octanol–water partition coefficient (Wildman–Crippen LogP) is 3.25. The van der Waals surface area contributed by atoms with Crippen molar-refractivity contribution in [3.05, 3.63) is 58.4 Å². The van der Waals surface area contributed by atoms with Crippen LogP contribution in [0, 0.1) is 17.5 Å². The van der Waals surface area contributed by atoms with Gasteiger partial charge in [0.15, 0.2) is 17.5 Å². The Labute approximate surface area is 155 Å². The van der Waals surface area contributed by atoms with Crippen molar-refractivity contribution in [2.45, 2.75) is 32.6 Å². The Kier molecular flexibility index (Phi) is 5.18. The average molecular weight is 404 g/mol. The summed E-state index contributed by atoms with van der Waals surface area (Å²) in [7, 11) is 0. The minimum absolute atomic E-state index is 0.00429. The van der Waals surface area contributed by atoms with Crippen LogP contribution in [0.1, 0.15) is 24.1 Å². The standard InChI is InChI=1S/C17H14F6N4O/c1-9(4-10-6-12(19)13(20)7-11(10)18)5-15(28)26-2-3-27-14(8-26)24-25-16(27)17(21,22)23/h5-7H,2-4,8H2,1H3. The number of rotatable bonds is 3. The molecule has 0 unspecified atom stereocenters. The van der Waals surface area contributed by atoms with Crippen LogP contribution in [0.4, 0.5) is 26.3 Å². The van der Waals surface area contributed by atoms with Crippen molar-refractivity contribution in [2.75, 3.05) is 6.54 Å². The summed E-state index contributed by atoms with van der Waals surface area (Å²) in [5, 5.41) is 6.62. The van der Waals surface area contributed by atoms with Crippen LogP contribution in [0.3, 0.4) is 0 Å². The molecule has 1 aromatic heterocycles. The number of hydrogen-bond donors (Lipinski definition) is 0. The van der Waals surface area contributed by atoms with Gasteiger partial charge in [-0.2, -0.15) is 13.2 Å². The first-order chi connectivity index (χ1) is 13.1. The molecule has 1 aromatic carbocycles. The number of allylic oxidation sites excluding steroid dienone is 1. The molecule has 3 rings (SSSR count). The molecular formula is C17H14F6N4O. The maximum atomic E-state index is 13.7. The lowest BCUT2D eigenvalue weighted by atomic mass is 10.0. The molecule has 0 saturated heterocycles. The first kappa shape index (κ1) is 19.9. The topological polar surface area (TPSA) is 51.0 Å². The number of aromatic nitrogens is 3. The van der Waals surface area contributed by atoms with Gasteiger partial charge in [0.25, 0.3) is 0 Å². The lowest BCUT2D eigenvalue weighted by Gasteiger charge is -2.27. The first-order valence-corrected chi connectivity index (χ1v) is 8.15. The van der Waals surface area contributed by atoms with Gasteiger partial charge in [-0.25, -0.2) is 13.2 Å². The fraction of sp³-hybridized carbons (Fsp3) is 0.353. The van der Waals surface area contributed by atoms with E-state index in [0.29, 0.717) is 17.7 Å². The van der Waals surface area contributed by atoms with Crippen molar-refractivity contribution < 1.29 is 31.1 Å². The summed E-state index contributed by atoms with van der Waals surface area (Å²) in [6.07, 6.45) is -3.59. The number of carbonyl (C=O) groups excluding carboxylic acids is 1. The first-order valence-electron chi connectivity index (χ1n) is 8.15. The molecule has 28 heavy (non-hydrogen) atoms. The second-order valence-corrected chi connectivity index (χ2v) is 6.37. The molecule has 1 amide bonds. The Balaban J connectivity index is 1.71. The van der Waals surface area contributed by atoms with E-state index in [0.717, 1.165) is 4.57 Å². The molecule has 150 valence electrons. The third-order valence-corrected chi connectivity index (χ3v) is 4.25. The smallest absolute Gasteiger partial charge is 0.330 e. The quantitative estimate of drug-likeness (QED) is 0.448. The van der Waals surface area contributed by atoms with E-state index in [1.807, 2.05) is 0 Å². The number of alkyl halides is 3. The third-order valence-electron chi connectivity index (χ3n) is 4.25. The lowest BCUT2D eigenvalue weighted by molar-refractivity contribution is -0.148. The molecular weight excluding hydrogens is 390 g/mol. The zero-order valence-electron chi connectivity index (χ0n) is 14.5. The molecule has 0 fully saturated rings. The Morgan fingerprint density at radius 3 is 2.46 bits per heavy atom. The van der Waals surface area contributed by atoms with E-state index in [1.54, 1.807) is 0 Å². The summed E-state index contributed by atoms with van der Waals surface area (Å²) in [5.41, 5.74) is 0.256. The van der Waals surface area contributed by atoms with Crippen LogP contribution in [0.15, 0.2) is 23.8 Å². The third kappa shape index (κ3) is 4.02. The molecule has 5 nitrogen and oxygen atoms in total. The number of nitrogens with zero attached hydrogens (tertiary/aromatic N) is 4. The van der Waals surface area contributed by atoms with Crippen LogP contribution in [-0.4, -0.2) is 32.1 Å². The Morgan fingerprint density at radius 1 is 1.11 bits per heavy atom. The molecule has 1 aliphatic heterocycles. The van der Waals surface area contributed by atoms with E-state index in [4.69, 9.17) is 0 Å². The minimum atomic E-state index is -4.64. The number of carbonyl (C=O) groups is 1. The minimum Gasteiger partial charge on any atom is -0.330 e. The van der Waals surface area contributed by atoms with Crippen LogP contribution in [0.5, 0.6) is 0 Å². The van der Waals surface area contributed by atoms with Crippen molar-refractivity contribution in [1.82, 2.24) is 19.7 Å². The maximum Gasteiger partial charge on any atom is 0.451 e. The van der Waals surface area contributed by atoms with Gasteiger partial charge in [0.1, 0.15) is 5.82 Å². The molecule has 0 spiro atoms. The summed E-state index contributed by atoms with van der Waals surface area (Å²) in [6, 6.07) is 1.14. The molecule has 11 heteroatoms. The number of amides is 1. The summed E-state index contributed by atoms with van der Waals surface area (Å²) < 4.78 is 79.4. The van der Waals surface area contributed by atoms with Crippen molar-refractivity contribution >= 4 is 5.91 Å². The normalized spacial score (nSPS) is 15.0. The van der Waals surface area contributed by atoms with Gasteiger partial charge in [0, 0.05) is 25.2 Å². The molecule has 2 aromatic rings. The van der Waals surface area contributed by atoms with Gasteiger partial charge >= 0.3 is 6.18 Å². The van der Waals surface area contributed by atoms with Gasteiger partial charge in [-0.05, 0) is 25.0 Å². The van der Waals surface area contributed by atoms with Crippen LogP contribution in [0.25, 0.3) is 0 Å². The van der Waals surface area contributed by atoms with E-state index < -0.39 is 35.4 Å². The molecule has 1 aliphatic rings. The lowest BCUT2D eigenvalue weighted by Crippen LogP contribution is -2.38. The van der Waals surface area contributed by atoms with Gasteiger partial charge in [-0.3, -0.25) is 4.79 Å². The van der Waals surface area contributed by atoms with E-state index in [1.165, 1.54) is 17.9 Å². The van der Waals surface area contributed by atoms with Crippen molar-refractivity contribution in [1.29, 1.82) is 0 Å². The Bertz CT molecular complexity index is 950. The van der Waals surface area contributed by atoms with Crippen LogP contribution >= 0.6 is 0 Å². The number of fused-ring (bicyclic) bond motifs is 1. The molecule has 0 radical (unpaired) electrons. The molecule has 0 atom stereocenters. The van der Waals surface area contributed by atoms with Gasteiger partial charge in [0.05, 0.1) is 6.54 Å². The largest absolute Gasteiger partial charge is 0.451 e. The summed E-state index contributed by atoms with van der Waals surface area (Å²) in [4.78, 5) is 13.6. The van der Waals surface area contributed by atoms with Gasteiger partial charge < -0.3 is 9.47 Å². The second kappa shape index (κ2) is 7.28. The Morgan fingerprint density at radius 2 is 1.79 bits per heavy atom. The van der Waals surface area contributed by atoms with Crippen LogP contribution in [-0.2, 0) is 30.5 Å². The molecule has 0 aliphatic carbocycles. The molecule has 0 bridgehead atoms. The van der Waals surface area contributed by atoms with E-state index >= 15 is 0 Å². The van der Waals surface area contributed by atoms with Crippen molar-refractivity contribution in [2.24, 2.45) is 0 Å². The highest BCUT2D eigenvalue weighted by atomic mass is 19.4. The summed E-state index contributed by atoms with van der Waals surface area (Å²) in [5.74, 6) is -5.08. The predicted molar refractivity (Wildman–Crippen MR) is 84.2 cm³/mol. The Hall–Kier alpha value is -2.85. The zero-order valence-corrected chi connectivity index (χ0v) is 14.5. The second-order valence-electron chi connectivity index (χ2n) is 6.37. The van der Waals surface area contributed by atoms with E-state index in [-0.39, 0.29) is 37.4 Å². The van der Waals surface area contributed by atoms with Crippen molar-refractivity contribution in [3.63, 3.8) is 0 Å².